The summed E-state index contributed by atoms with van der Waals surface area (Å²) in [5.41, 5.74) is 7.92. The Morgan fingerprint density at radius 2 is 1.84 bits per heavy atom. The summed E-state index contributed by atoms with van der Waals surface area (Å²) in [6.45, 7) is 4.74. The predicted octanol–water partition coefficient (Wildman–Crippen LogP) is 2.55. The molecule has 0 spiro atoms. The topological polar surface area (TPSA) is 56.0 Å². The van der Waals surface area contributed by atoms with Crippen LogP contribution in [0.5, 0.6) is 0 Å². The summed E-state index contributed by atoms with van der Waals surface area (Å²) >= 11 is 0. The molecule has 3 nitrogen and oxygen atoms in total. The normalized spacial score (nSPS) is 11.3. The minimum atomic E-state index is -0.0768. The molecule has 0 bridgehead atoms. The van der Waals surface area contributed by atoms with Crippen molar-refractivity contribution in [2.75, 3.05) is 6.54 Å². The number of carbonyl (C=O) groups excluding carboxylic acids is 1. The molecule has 0 atom stereocenters. The van der Waals surface area contributed by atoms with Crippen LogP contribution in [0.2, 0.25) is 0 Å². The third-order valence-corrected chi connectivity index (χ3v) is 3.34. The average Bonchev–Trinajstić information content (AvgIpc) is 2.47. The highest BCUT2D eigenvalue weighted by Crippen LogP contribution is 2.22. The molecule has 2 N–H and O–H groups in total. The highest BCUT2D eigenvalue weighted by Gasteiger charge is 2.19. The summed E-state index contributed by atoms with van der Waals surface area (Å²) in [4.78, 5) is 16.3. The van der Waals surface area contributed by atoms with Crippen LogP contribution in [0, 0.1) is 0 Å². The Morgan fingerprint density at radius 3 is 2.37 bits per heavy atom. The molecule has 98 valence electrons. The van der Waals surface area contributed by atoms with Crippen LogP contribution in [0.15, 0.2) is 48.7 Å². The Balaban J connectivity index is 2.27. The van der Waals surface area contributed by atoms with E-state index in [-0.39, 0.29) is 11.2 Å². The van der Waals surface area contributed by atoms with E-state index in [1.807, 2.05) is 30.3 Å². The predicted molar refractivity (Wildman–Crippen MR) is 76.2 cm³/mol. The molecule has 0 amide bonds. The minimum Gasteiger partial charge on any atom is -0.330 e. The second-order valence-corrected chi connectivity index (χ2v) is 5.21. The fourth-order valence-corrected chi connectivity index (χ4v) is 1.84. The van der Waals surface area contributed by atoms with E-state index in [0.29, 0.717) is 17.8 Å². The second kappa shape index (κ2) is 5.33. The lowest BCUT2D eigenvalue weighted by atomic mass is 9.84. The highest BCUT2D eigenvalue weighted by atomic mass is 16.1. The summed E-state index contributed by atoms with van der Waals surface area (Å²) < 4.78 is 0. The quantitative estimate of drug-likeness (QED) is 0.853. The first kappa shape index (κ1) is 13.4. The van der Waals surface area contributed by atoms with Crippen LogP contribution >= 0.6 is 0 Å². The monoisotopic (exact) mass is 254 g/mol. The van der Waals surface area contributed by atoms with Gasteiger partial charge in [-0.3, -0.25) is 9.78 Å². The molecule has 1 aromatic heterocycles. The Hall–Kier alpha value is -2.00. The van der Waals surface area contributed by atoms with Crippen molar-refractivity contribution in [3.63, 3.8) is 0 Å². The molecule has 2 rings (SSSR count). The summed E-state index contributed by atoms with van der Waals surface area (Å²) in [5.74, 6) is -0.0577. The number of aromatic nitrogens is 1. The number of benzene rings is 1. The van der Waals surface area contributed by atoms with E-state index >= 15 is 0 Å². The molecule has 0 radical (unpaired) electrons. The van der Waals surface area contributed by atoms with E-state index in [4.69, 9.17) is 5.73 Å². The zero-order valence-electron chi connectivity index (χ0n) is 11.3. The first-order chi connectivity index (χ1) is 9.04. The lowest BCUT2D eigenvalue weighted by molar-refractivity contribution is 0.103. The molecule has 0 saturated carbocycles. The van der Waals surface area contributed by atoms with Crippen LogP contribution in [-0.2, 0) is 5.41 Å². The summed E-state index contributed by atoms with van der Waals surface area (Å²) in [5, 5.41) is 0. The molecule has 19 heavy (non-hydrogen) atoms. The largest absolute Gasteiger partial charge is 0.330 e. The molecule has 0 saturated heterocycles. The van der Waals surface area contributed by atoms with Crippen LogP contribution in [0.1, 0.15) is 35.5 Å². The number of nitrogens with two attached hydrogens (primary N) is 1. The van der Waals surface area contributed by atoms with Crippen LogP contribution < -0.4 is 5.73 Å². The lowest BCUT2D eigenvalue weighted by Crippen LogP contribution is -2.28. The van der Waals surface area contributed by atoms with Gasteiger partial charge in [0.05, 0.1) is 0 Å². The number of rotatable bonds is 4. The van der Waals surface area contributed by atoms with Gasteiger partial charge in [0.15, 0.2) is 0 Å². The molecule has 0 unspecified atom stereocenters. The molecular formula is C16H18N2O. The van der Waals surface area contributed by atoms with Gasteiger partial charge in [-0.05, 0) is 17.7 Å². The molecule has 3 heteroatoms. The molecule has 0 aliphatic heterocycles. The Labute approximate surface area is 113 Å². The van der Waals surface area contributed by atoms with Crippen molar-refractivity contribution in [1.29, 1.82) is 0 Å². The highest BCUT2D eigenvalue weighted by molar-refractivity contribution is 6.07. The summed E-state index contributed by atoms with van der Waals surface area (Å²) in [6, 6.07) is 12.9. The van der Waals surface area contributed by atoms with Gasteiger partial charge in [-0.1, -0.05) is 44.2 Å². The standard InChI is InChI=1S/C16H18N2O/c1-16(2,11-17)13-8-6-12(7-9-13)15(19)14-5-3-4-10-18-14/h3-10H,11,17H2,1-2H3. The van der Waals surface area contributed by atoms with Gasteiger partial charge in [-0.2, -0.15) is 0 Å². The van der Waals surface area contributed by atoms with Gasteiger partial charge in [0, 0.05) is 23.7 Å². The van der Waals surface area contributed by atoms with Gasteiger partial charge >= 0.3 is 0 Å². The van der Waals surface area contributed by atoms with Crippen molar-refractivity contribution in [3.8, 4) is 0 Å². The van der Waals surface area contributed by atoms with Gasteiger partial charge in [-0.25, -0.2) is 0 Å². The van der Waals surface area contributed by atoms with Gasteiger partial charge in [0.2, 0.25) is 5.78 Å². The maximum atomic E-state index is 12.2. The third-order valence-electron chi connectivity index (χ3n) is 3.34. The number of carbonyl (C=O) groups is 1. The minimum absolute atomic E-state index is 0.0577. The van der Waals surface area contributed by atoms with E-state index in [9.17, 15) is 4.79 Å². The number of hydrogen-bond donors (Lipinski definition) is 1. The second-order valence-electron chi connectivity index (χ2n) is 5.21. The number of pyridine rings is 1. The molecule has 1 heterocycles. The van der Waals surface area contributed by atoms with Crippen molar-refractivity contribution in [2.45, 2.75) is 19.3 Å². The fourth-order valence-electron chi connectivity index (χ4n) is 1.84. The summed E-state index contributed by atoms with van der Waals surface area (Å²) in [7, 11) is 0. The molecular weight excluding hydrogens is 236 g/mol. The number of nitrogens with zero attached hydrogens (tertiary/aromatic N) is 1. The van der Waals surface area contributed by atoms with Crippen LogP contribution in [0.4, 0.5) is 0 Å². The molecule has 1 aromatic carbocycles. The Bertz CT molecular complexity index is 559. The van der Waals surface area contributed by atoms with E-state index < -0.39 is 0 Å². The fraction of sp³-hybridized carbons (Fsp3) is 0.250. The smallest absolute Gasteiger partial charge is 0.211 e. The van der Waals surface area contributed by atoms with E-state index in [1.165, 1.54) is 0 Å². The SMILES string of the molecule is CC(C)(CN)c1ccc(C(=O)c2ccccn2)cc1. The van der Waals surface area contributed by atoms with Crippen molar-refractivity contribution in [2.24, 2.45) is 5.73 Å². The van der Waals surface area contributed by atoms with Crippen molar-refractivity contribution in [1.82, 2.24) is 4.98 Å². The molecule has 0 fully saturated rings. The number of ketones is 1. The van der Waals surface area contributed by atoms with E-state index in [1.54, 1.807) is 18.3 Å². The van der Waals surface area contributed by atoms with Gasteiger partial charge in [0.25, 0.3) is 0 Å². The first-order valence-electron chi connectivity index (χ1n) is 6.31. The van der Waals surface area contributed by atoms with Gasteiger partial charge in [-0.15, -0.1) is 0 Å². The molecule has 0 aliphatic rings. The Morgan fingerprint density at radius 1 is 1.16 bits per heavy atom. The van der Waals surface area contributed by atoms with Gasteiger partial charge in [0.1, 0.15) is 5.69 Å². The van der Waals surface area contributed by atoms with Gasteiger partial charge < -0.3 is 5.73 Å². The lowest BCUT2D eigenvalue weighted by Gasteiger charge is -2.23. The van der Waals surface area contributed by atoms with Crippen LogP contribution in [-0.4, -0.2) is 17.3 Å². The van der Waals surface area contributed by atoms with Crippen molar-refractivity contribution < 1.29 is 4.79 Å². The summed E-state index contributed by atoms with van der Waals surface area (Å²) in [6.07, 6.45) is 1.62. The van der Waals surface area contributed by atoms with Crippen molar-refractivity contribution >= 4 is 5.78 Å². The van der Waals surface area contributed by atoms with Crippen LogP contribution in [0.3, 0.4) is 0 Å². The van der Waals surface area contributed by atoms with Crippen molar-refractivity contribution in [3.05, 3.63) is 65.5 Å². The zero-order chi connectivity index (χ0) is 13.9. The molecule has 2 aromatic rings. The first-order valence-corrected chi connectivity index (χ1v) is 6.31. The number of hydrogen-bond acceptors (Lipinski definition) is 3. The third kappa shape index (κ3) is 2.88. The van der Waals surface area contributed by atoms with E-state index in [2.05, 4.69) is 18.8 Å². The maximum absolute atomic E-state index is 12.2. The molecule has 0 aliphatic carbocycles. The Kier molecular flexibility index (Phi) is 3.76. The van der Waals surface area contributed by atoms with Crippen LogP contribution in [0.25, 0.3) is 0 Å². The van der Waals surface area contributed by atoms with E-state index in [0.717, 1.165) is 5.56 Å². The zero-order valence-corrected chi connectivity index (χ0v) is 11.3. The average molecular weight is 254 g/mol. The maximum Gasteiger partial charge on any atom is 0.211 e.